The first-order valence-corrected chi connectivity index (χ1v) is 6.84. The van der Waals surface area contributed by atoms with Crippen molar-refractivity contribution in [2.75, 3.05) is 0 Å². The Morgan fingerprint density at radius 1 is 1.24 bits per heavy atom. The molecule has 0 saturated heterocycles. The molecule has 0 aliphatic carbocycles. The molecule has 1 aliphatic heterocycles. The molecule has 1 heterocycles. The smallest absolute Gasteiger partial charge is 0.319 e. The maximum atomic E-state index is 12.3. The first kappa shape index (κ1) is 15.2. The lowest BCUT2D eigenvalue weighted by molar-refractivity contribution is -0.162. The van der Waals surface area contributed by atoms with Gasteiger partial charge in [0, 0.05) is 5.56 Å². The number of esters is 1. The summed E-state index contributed by atoms with van der Waals surface area (Å²) in [7, 11) is 0. The molecule has 1 N–H and O–H groups in total. The zero-order valence-corrected chi connectivity index (χ0v) is 12.6. The van der Waals surface area contributed by atoms with E-state index in [-0.39, 0.29) is 11.7 Å². The van der Waals surface area contributed by atoms with Crippen LogP contribution in [0.3, 0.4) is 0 Å². The van der Waals surface area contributed by atoms with Crippen molar-refractivity contribution in [1.82, 2.24) is 5.32 Å². The van der Waals surface area contributed by atoms with Gasteiger partial charge >= 0.3 is 5.97 Å². The number of carbonyl (C=O) groups excluding carboxylic acids is 3. The molecule has 112 valence electrons. The third-order valence-corrected chi connectivity index (χ3v) is 3.26. The molecule has 0 bridgehead atoms. The van der Waals surface area contributed by atoms with Crippen LogP contribution in [0.4, 0.5) is 0 Å². The van der Waals surface area contributed by atoms with E-state index >= 15 is 0 Å². The maximum absolute atomic E-state index is 12.3. The molecule has 0 radical (unpaired) electrons. The van der Waals surface area contributed by atoms with Crippen molar-refractivity contribution in [3.8, 4) is 0 Å². The summed E-state index contributed by atoms with van der Waals surface area (Å²) in [5.41, 5.74) is 0.471. The largest absolute Gasteiger partial charge is 0.459 e. The van der Waals surface area contributed by atoms with Crippen molar-refractivity contribution >= 4 is 17.7 Å². The highest BCUT2D eigenvalue weighted by atomic mass is 16.6. The summed E-state index contributed by atoms with van der Waals surface area (Å²) < 4.78 is 5.31. The number of Topliss-reactive ketones (excluding diaryl/α,β-unsaturated/α-hetero) is 1. The van der Waals surface area contributed by atoms with E-state index in [1.54, 1.807) is 45.0 Å². The number of carbonyl (C=O) groups is 3. The third-order valence-electron chi connectivity index (χ3n) is 3.26. The Hall–Kier alpha value is -2.17. The summed E-state index contributed by atoms with van der Waals surface area (Å²) >= 11 is 0. The first-order valence-electron chi connectivity index (χ1n) is 6.84. The van der Waals surface area contributed by atoms with Gasteiger partial charge in [0.05, 0.1) is 6.04 Å². The summed E-state index contributed by atoms with van der Waals surface area (Å²) in [5, 5.41) is 2.71. The van der Waals surface area contributed by atoms with E-state index in [0.29, 0.717) is 11.1 Å². The van der Waals surface area contributed by atoms with E-state index in [9.17, 15) is 14.4 Å². The Bertz CT molecular complexity index is 601. The topological polar surface area (TPSA) is 72.5 Å². The van der Waals surface area contributed by atoms with Crippen molar-refractivity contribution in [2.24, 2.45) is 5.92 Å². The number of nitrogens with one attached hydrogen (secondary N) is 1. The summed E-state index contributed by atoms with van der Waals surface area (Å²) in [6.07, 6.45) is 0. The predicted molar refractivity (Wildman–Crippen MR) is 76.7 cm³/mol. The number of amides is 1. The van der Waals surface area contributed by atoms with Crippen molar-refractivity contribution in [3.63, 3.8) is 0 Å². The van der Waals surface area contributed by atoms with Crippen LogP contribution in [-0.4, -0.2) is 23.3 Å². The second-order valence-corrected chi connectivity index (χ2v) is 6.16. The molecule has 0 aromatic heterocycles. The quantitative estimate of drug-likeness (QED) is 0.682. The number of ether oxygens (including phenoxy) is 1. The SMILES string of the molecule is CC(=O)C(C(=O)OC(C)(C)C)C1NC(=O)c2ccccc21. The molecule has 0 saturated carbocycles. The number of ketones is 1. The van der Waals surface area contributed by atoms with Crippen LogP contribution in [0.5, 0.6) is 0 Å². The highest BCUT2D eigenvalue weighted by Crippen LogP contribution is 2.33. The fraction of sp³-hybridized carbons (Fsp3) is 0.438. The molecule has 0 spiro atoms. The van der Waals surface area contributed by atoms with E-state index in [1.807, 2.05) is 0 Å². The van der Waals surface area contributed by atoms with Crippen molar-refractivity contribution in [1.29, 1.82) is 0 Å². The maximum Gasteiger partial charge on any atom is 0.319 e. The average molecular weight is 289 g/mol. The van der Waals surface area contributed by atoms with Crippen LogP contribution in [0.1, 0.15) is 49.7 Å². The van der Waals surface area contributed by atoms with Crippen LogP contribution in [0, 0.1) is 5.92 Å². The van der Waals surface area contributed by atoms with Gasteiger partial charge in [-0.3, -0.25) is 14.4 Å². The van der Waals surface area contributed by atoms with Crippen LogP contribution in [0.25, 0.3) is 0 Å². The number of hydrogen-bond acceptors (Lipinski definition) is 4. The highest BCUT2D eigenvalue weighted by molar-refractivity contribution is 6.04. The van der Waals surface area contributed by atoms with E-state index in [0.717, 1.165) is 0 Å². The summed E-state index contributed by atoms with van der Waals surface area (Å²) in [6, 6.07) is 6.28. The zero-order valence-electron chi connectivity index (χ0n) is 12.6. The lowest BCUT2D eigenvalue weighted by Gasteiger charge is -2.26. The number of benzene rings is 1. The standard InChI is InChI=1S/C16H19NO4/c1-9(18)12(15(20)21-16(2,3)4)13-10-7-5-6-8-11(10)14(19)17-13/h5-8,12-13H,1-4H3,(H,17,19). The van der Waals surface area contributed by atoms with Gasteiger partial charge in [0.25, 0.3) is 5.91 Å². The molecule has 21 heavy (non-hydrogen) atoms. The van der Waals surface area contributed by atoms with Gasteiger partial charge in [-0.2, -0.15) is 0 Å². The molecule has 0 fully saturated rings. The zero-order chi connectivity index (χ0) is 15.8. The van der Waals surface area contributed by atoms with Crippen LogP contribution in [-0.2, 0) is 14.3 Å². The van der Waals surface area contributed by atoms with Crippen molar-refractivity contribution < 1.29 is 19.1 Å². The van der Waals surface area contributed by atoms with Gasteiger partial charge < -0.3 is 10.1 Å². The van der Waals surface area contributed by atoms with E-state index in [2.05, 4.69) is 5.32 Å². The van der Waals surface area contributed by atoms with Gasteiger partial charge in [-0.25, -0.2) is 0 Å². The molecule has 5 heteroatoms. The molecule has 2 atom stereocenters. The van der Waals surface area contributed by atoms with Crippen molar-refractivity contribution in [2.45, 2.75) is 39.3 Å². The monoisotopic (exact) mass is 289 g/mol. The van der Waals surface area contributed by atoms with Gasteiger partial charge in [0.1, 0.15) is 17.3 Å². The Labute approximate surface area is 123 Å². The molecule has 1 amide bonds. The minimum Gasteiger partial charge on any atom is -0.459 e. The molecular formula is C16H19NO4. The fourth-order valence-corrected chi connectivity index (χ4v) is 2.44. The lowest BCUT2D eigenvalue weighted by atomic mass is 9.90. The molecular weight excluding hydrogens is 270 g/mol. The second-order valence-electron chi connectivity index (χ2n) is 6.16. The van der Waals surface area contributed by atoms with Crippen LogP contribution in [0.15, 0.2) is 24.3 Å². The molecule has 2 unspecified atom stereocenters. The van der Waals surface area contributed by atoms with Gasteiger partial charge in [-0.1, -0.05) is 18.2 Å². The van der Waals surface area contributed by atoms with E-state index in [4.69, 9.17) is 4.74 Å². The van der Waals surface area contributed by atoms with Gasteiger partial charge in [0.15, 0.2) is 0 Å². The normalized spacial score (nSPS) is 18.7. The minimum atomic E-state index is -1.03. The molecule has 5 nitrogen and oxygen atoms in total. The number of fused-ring (bicyclic) bond motifs is 1. The van der Waals surface area contributed by atoms with Crippen LogP contribution >= 0.6 is 0 Å². The molecule has 1 aliphatic rings. The van der Waals surface area contributed by atoms with Crippen LogP contribution < -0.4 is 5.32 Å². The average Bonchev–Trinajstić information content (AvgIpc) is 2.65. The summed E-state index contributed by atoms with van der Waals surface area (Å²) in [5.74, 6) is -2.24. The summed E-state index contributed by atoms with van der Waals surface area (Å²) in [4.78, 5) is 36.2. The number of rotatable bonds is 3. The lowest BCUT2D eigenvalue weighted by Crippen LogP contribution is -2.39. The van der Waals surface area contributed by atoms with Crippen molar-refractivity contribution in [3.05, 3.63) is 35.4 Å². The second kappa shape index (κ2) is 5.31. The van der Waals surface area contributed by atoms with Gasteiger partial charge in [0.2, 0.25) is 0 Å². The van der Waals surface area contributed by atoms with Gasteiger partial charge in [-0.15, -0.1) is 0 Å². The summed E-state index contributed by atoms with van der Waals surface area (Å²) in [6.45, 7) is 6.55. The van der Waals surface area contributed by atoms with Crippen LogP contribution in [0.2, 0.25) is 0 Å². The number of hydrogen-bond donors (Lipinski definition) is 1. The third kappa shape index (κ3) is 3.12. The Balaban J connectivity index is 2.35. The Morgan fingerprint density at radius 2 is 1.86 bits per heavy atom. The molecule has 2 rings (SSSR count). The molecule has 1 aromatic rings. The minimum absolute atomic E-state index is 0.273. The predicted octanol–water partition coefficient (Wildman–Crippen LogP) is 2.02. The Kier molecular flexibility index (Phi) is 3.85. The first-order chi connectivity index (χ1) is 9.70. The highest BCUT2D eigenvalue weighted by Gasteiger charge is 2.42. The van der Waals surface area contributed by atoms with E-state index < -0.39 is 23.5 Å². The fourth-order valence-electron chi connectivity index (χ4n) is 2.44. The Morgan fingerprint density at radius 3 is 2.43 bits per heavy atom. The van der Waals surface area contributed by atoms with Gasteiger partial charge in [-0.05, 0) is 39.3 Å². The van der Waals surface area contributed by atoms with E-state index in [1.165, 1.54) is 6.92 Å². The molecule has 1 aromatic carbocycles.